The number of anilines is 1. The highest BCUT2D eigenvalue weighted by Gasteiger charge is 2.70. The molecule has 1 aromatic carbocycles. The first-order chi connectivity index (χ1) is 9.45. The lowest BCUT2D eigenvalue weighted by Gasteiger charge is -2.20. The lowest BCUT2D eigenvalue weighted by atomic mass is 10.0. The third-order valence-electron chi connectivity index (χ3n) is 3.12. The fourth-order valence-electron chi connectivity index (χ4n) is 1.97. The summed E-state index contributed by atoms with van der Waals surface area (Å²) in [5.41, 5.74) is 2.68. The maximum Gasteiger partial charge on any atom is 0.412 e. The van der Waals surface area contributed by atoms with Gasteiger partial charge in [-0.1, -0.05) is 6.07 Å². The van der Waals surface area contributed by atoms with E-state index in [-0.39, 0.29) is 11.3 Å². The Morgan fingerprint density at radius 2 is 1.95 bits per heavy atom. The Morgan fingerprint density at radius 3 is 2.38 bits per heavy atom. The molecule has 0 heterocycles. The lowest BCUT2D eigenvalue weighted by molar-refractivity contribution is 0.0635. The molecule has 0 radical (unpaired) electrons. The molecule has 0 saturated heterocycles. The maximum atomic E-state index is 13.9. The summed E-state index contributed by atoms with van der Waals surface area (Å²) in [5.74, 6) is -3.99. The van der Waals surface area contributed by atoms with Gasteiger partial charge in [0, 0.05) is 17.7 Å². The monoisotopic (exact) mass is 302 g/mol. The summed E-state index contributed by atoms with van der Waals surface area (Å²) in [7, 11) is 0. The van der Waals surface area contributed by atoms with E-state index in [0.717, 1.165) is 12.1 Å². The van der Waals surface area contributed by atoms with Gasteiger partial charge < -0.3 is 10.5 Å². The number of alkyl halides is 2. The van der Waals surface area contributed by atoms with Crippen LogP contribution in [0.2, 0.25) is 0 Å². The third kappa shape index (κ3) is 3.12. The Labute approximate surface area is 120 Å². The van der Waals surface area contributed by atoms with Gasteiger partial charge in [0.1, 0.15) is 17.0 Å². The van der Waals surface area contributed by atoms with Gasteiger partial charge in [0.25, 0.3) is 5.92 Å². The highest BCUT2D eigenvalue weighted by Crippen LogP contribution is 2.58. The smallest absolute Gasteiger partial charge is 0.412 e. The van der Waals surface area contributed by atoms with E-state index in [4.69, 9.17) is 10.5 Å². The molecule has 2 rings (SSSR count). The quantitative estimate of drug-likeness (QED) is 0.880. The minimum Gasteiger partial charge on any atom is -0.444 e. The average Bonchev–Trinajstić information content (AvgIpc) is 2.75. The maximum absolute atomic E-state index is 13.9. The minimum atomic E-state index is -3.10. The normalized spacial score (nSPS) is 23.6. The molecule has 0 aliphatic heterocycles. The van der Waals surface area contributed by atoms with Gasteiger partial charge in [0.05, 0.1) is 0 Å². The lowest BCUT2D eigenvalue weighted by Crippen LogP contribution is -2.29. The molecule has 21 heavy (non-hydrogen) atoms. The number of ether oxygens (including phenoxy) is 1. The van der Waals surface area contributed by atoms with Crippen molar-refractivity contribution in [2.75, 3.05) is 5.32 Å². The zero-order valence-corrected chi connectivity index (χ0v) is 12.0. The van der Waals surface area contributed by atoms with Gasteiger partial charge in [-0.3, -0.25) is 5.32 Å². The minimum absolute atomic E-state index is 0.109. The van der Waals surface area contributed by atoms with Crippen LogP contribution in [0.4, 0.5) is 23.7 Å². The number of carbonyl (C=O) groups is 1. The summed E-state index contributed by atoms with van der Waals surface area (Å²) in [6, 6.07) is 3.41. The van der Waals surface area contributed by atoms with Gasteiger partial charge in [-0.05, 0) is 32.9 Å². The van der Waals surface area contributed by atoms with Crippen molar-refractivity contribution in [3.8, 4) is 0 Å². The Kier molecular flexibility index (Phi) is 3.44. The van der Waals surface area contributed by atoms with E-state index in [2.05, 4.69) is 5.32 Å². The summed E-state index contributed by atoms with van der Waals surface area (Å²) in [5, 5.41) is 2.33. The molecule has 7 heteroatoms. The van der Waals surface area contributed by atoms with E-state index in [9.17, 15) is 18.0 Å². The molecule has 1 saturated carbocycles. The van der Waals surface area contributed by atoms with Crippen molar-refractivity contribution < 1.29 is 22.7 Å². The molecule has 1 aliphatic carbocycles. The molecule has 116 valence electrons. The molecule has 1 amide bonds. The Morgan fingerprint density at radius 1 is 1.38 bits per heavy atom. The summed E-state index contributed by atoms with van der Waals surface area (Å²) in [6.45, 7) is 5.05. The van der Waals surface area contributed by atoms with Crippen molar-refractivity contribution in [2.24, 2.45) is 5.73 Å². The average molecular weight is 302 g/mol. The van der Waals surface area contributed by atoms with E-state index < -0.39 is 35.4 Å². The molecular weight excluding hydrogens is 285 g/mol. The van der Waals surface area contributed by atoms with Crippen molar-refractivity contribution in [3.63, 3.8) is 0 Å². The van der Waals surface area contributed by atoms with Crippen LogP contribution in [-0.4, -0.2) is 17.6 Å². The number of benzene rings is 1. The number of amides is 1. The van der Waals surface area contributed by atoms with E-state index in [1.54, 1.807) is 20.8 Å². The molecule has 3 N–H and O–H groups in total. The Hall–Kier alpha value is -1.76. The molecule has 1 unspecified atom stereocenters. The number of carbonyl (C=O) groups excluding carboxylic acids is 1. The van der Waals surface area contributed by atoms with Crippen LogP contribution in [0.3, 0.4) is 0 Å². The van der Waals surface area contributed by atoms with Crippen molar-refractivity contribution in [2.45, 2.75) is 44.3 Å². The number of nitrogens with one attached hydrogen (secondary N) is 1. The van der Waals surface area contributed by atoms with Gasteiger partial charge in [0.2, 0.25) is 0 Å². The van der Waals surface area contributed by atoms with E-state index in [1.807, 2.05) is 0 Å². The second kappa shape index (κ2) is 4.62. The van der Waals surface area contributed by atoms with Crippen LogP contribution in [0.25, 0.3) is 0 Å². The van der Waals surface area contributed by atoms with Crippen LogP contribution in [0.15, 0.2) is 18.2 Å². The van der Waals surface area contributed by atoms with Gasteiger partial charge in [0.15, 0.2) is 0 Å². The van der Waals surface area contributed by atoms with Crippen LogP contribution in [0.1, 0.15) is 32.8 Å². The zero-order valence-electron chi connectivity index (χ0n) is 12.0. The van der Waals surface area contributed by atoms with Crippen molar-refractivity contribution >= 4 is 11.8 Å². The fourth-order valence-corrected chi connectivity index (χ4v) is 1.97. The van der Waals surface area contributed by atoms with Crippen molar-refractivity contribution in [1.29, 1.82) is 0 Å². The van der Waals surface area contributed by atoms with E-state index >= 15 is 0 Å². The van der Waals surface area contributed by atoms with Crippen LogP contribution < -0.4 is 11.1 Å². The number of hydrogen-bond donors (Lipinski definition) is 2. The Balaban J connectivity index is 2.12. The van der Waals surface area contributed by atoms with Gasteiger partial charge >= 0.3 is 6.09 Å². The van der Waals surface area contributed by atoms with Gasteiger partial charge in [-0.2, -0.15) is 0 Å². The first kappa shape index (κ1) is 15.6. The third-order valence-corrected chi connectivity index (χ3v) is 3.12. The molecule has 0 spiro atoms. The molecular formula is C14H17F3N2O2. The van der Waals surface area contributed by atoms with Crippen molar-refractivity contribution in [1.82, 2.24) is 0 Å². The van der Waals surface area contributed by atoms with Crippen LogP contribution in [0.5, 0.6) is 0 Å². The number of hydrogen-bond acceptors (Lipinski definition) is 3. The highest BCUT2D eigenvalue weighted by molar-refractivity contribution is 5.84. The van der Waals surface area contributed by atoms with Crippen LogP contribution in [0, 0.1) is 5.82 Å². The number of halogens is 3. The second-order valence-electron chi connectivity index (χ2n) is 6.17. The zero-order chi connectivity index (χ0) is 16.1. The van der Waals surface area contributed by atoms with Gasteiger partial charge in [-0.15, -0.1) is 0 Å². The summed E-state index contributed by atoms with van der Waals surface area (Å²) >= 11 is 0. The predicted molar refractivity (Wildman–Crippen MR) is 71.7 cm³/mol. The summed E-state index contributed by atoms with van der Waals surface area (Å²) in [4.78, 5) is 11.5. The summed E-state index contributed by atoms with van der Waals surface area (Å²) < 4.78 is 45.2. The second-order valence-corrected chi connectivity index (χ2v) is 6.17. The van der Waals surface area contributed by atoms with Crippen molar-refractivity contribution in [3.05, 3.63) is 29.6 Å². The predicted octanol–water partition coefficient (Wildman–Crippen LogP) is 3.37. The molecule has 0 bridgehead atoms. The number of rotatable bonds is 2. The Bertz CT molecular complexity index is 584. The SMILES string of the molecule is CC(C)(C)OC(=O)Nc1ccc(C2(N)CC2(F)F)c(F)c1. The molecule has 4 nitrogen and oxygen atoms in total. The van der Waals surface area contributed by atoms with Crippen LogP contribution >= 0.6 is 0 Å². The molecule has 1 fully saturated rings. The topological polar surface area (TPSA) is 64.3 Å². The molecule has 1 atom stereocenters. The largest absolute Gasteiger partial charge is 0.444 e. The standard InChI is InChI=1S/C14H17F3N2O2/c1-12(2,3)21-11(20)19-8-4-5-9(10(15)6-8)13(18)7-14(13,16)17/h4-6H,7,18H2,1-3H3,(H,19,20). The fraction of sp³-hybridized carbons (Fsp3) is 0.500. The first-order valence-electron chi connectivity index (χ1n) is 6.41. The first-order valence-corrected chi connectivity index (χ1v) is 6.41. The van der Waals surface area contributed by atoms with Gasteiger partial charge in [-0.25, -0.2) is 18.0 Å². The molecule has 1 aliphatic rings. The molecule has 0 aromatic heterocycles. The summed E-state index contributed by atoms with van der Waals surface area (Å²) in [6.07, 6.45) is -1.34. The van der Waals surface area contributed by atoms with Crippen LogP contribution in [-0.2, 0) is 10.3 Å². The molecule has 1 aromatic rings. The highest BCUT2D eigenvalue weighted by atomic mass is 19.3. The van der Waals surface area contributed by atoms with E-state index in [1.165, 1.54) is 6.07 Å². The van der Waals surface area contributed by atoms with E-state index in [0.29, 0.717) is 0 Å². The number of nitrogens with two attached hydrogens (primary N) is 1.